The highest BCUT2D eigenvalue weighted by molar-refractivity contribution is 7.99. The van der Waals surface area contributed by atoms with Crippen LogP contribution in [0.1, 0.15) is 32.3 Å². The van der Waals surface area contributed by atoms with Crippen molar-refractivity contribution in [3.63, 3.8) is 0 Å². The number of ether oxygens (including phenoxy) is 1. The first-order chi connectivity index (χ1) is 8.07. The third-order valence-corrected chi connectivity index (χ3v) is 4.14. The highest BCUT2D eigenvalue weighted by Crippen LogP contribution is 2.31. The van der Waals surface area contributed by atoms with Gasteiger partial charge in [-0.15, -0.1) is 0 Å². The molecule has 1 aromatic carbocycles. The number of thioether (sulfide) groups is 1. The van der Waals surface area contributed by atoms with E-state index in [0.29, 0.717) is 0 Å². The molecule has 0 aromatic heterocycles. The van der Waals surface area contributed by atoms with Crippen LogP contribution in [0.5, 0.6) is 5.75 Å². The molecule has 1 aliphatic heterocycles. The molecule has 0 spiro atoms. The van der Waals surface area contributed by atoms with E-state index >= 15 is 0 Å². The summed E-state index contributed by atoms with van der Waals surface area (Å²) in [5, 5.41) is 10.1. The lowest BCUT2D eigenvalue weighted by Gasteiger charge is -2.27. The molecule has 1 aliphatic rings. The standard InChI is InChI=1S/C14H20O2S/c1-14(2,15)12-7-3-4-8-13(12)16-11-6-5-9-17-10-11/h3-4,7-8,11,15H,5-6,9-10H2,1-2H3. The van der Waals surface area contributed by atoms with Gasteiger partial charge in [-0.2, -0.15) is 11.8 Å². The zero-order valence-electron chi connectivity index (χ0n) is 10.5. The van der Waals surface area contributed by atoms with Gasteiger partial charge in [0, 0.05) is 11.3 Å². The van der Waals surface area contributed by atoms with Crippen LogP contribution in [0.4, 0.5) is 0 Å². The minimum Gasteiger partial charge on any atom is -0.489 e. The van der Waals surface area contributed by atoms with Gasteiger partial charge in [-0.1, -0.05) is 18.2 Å². The molecule has 3 heteroatoms. The maximum absolute atomic E-state index is 10.1. The van der Waals surface area contributed by atoms with Crippen molar-refractivity contribution in [3.05, 3.63) is 29.8 Å². The maximum Gasteiger partial charge on any atom is 0.125 e. The van der Waals surface area contributed by atoms with Crippen LogP contribution < -0.4 is 4.74 Å². The summed E-state index contributed by atoms with van der Waals surface area (Å²) in [4.78, 5) is 0. The van der Waals surface area contributed by atoms with Crippen molar-refractivity contribution in [2.24, 2.45) is 0 Å². The van der Waals surface area contributed by atoms with E-state index < -0.39 is 5.60 Å². The van der Waals surface area contributed by atoms with Gasteiger partial charge in [0.15, 0.2) is 0 Å². The molecule has 1 aromatic rings. The van der Waals surface area contributed by atoms with Crippen LogP contribution >= 0.6 is 11.8 Å². The highest BCUT2D eigenvalue weighted by atomic mass is 32.2. The summed E-state index contributed by atoms with van der Waals surface area (Å²) in [5.41, 5.74) is 0.0221. The Bertz CT molecular complexity index is 365. The Balaban J connectivity index is 2.14. The SMILES string of the molecule is CC(C)(O)c1ccccc1OC1CCCSC1. The van der Waals surface area contributed by atoms with Crippen LogP contribution in [0.3, 0.4) is 0 Å². The minimum atomic E-state index is -0.849. The summed E-state index contributed by atoms with van der Waals surface area (Å²) in [5.74, 6) is 3.13. The molecule has 1 N–H and O–H groups in total. The average molecular weight is 252 g/mol. The molecule has 0 amide bonds. The van der Waals surface area contributed by atoms with Gasteiger partial charge in [-0.05, 0) is 38.5 Å². The first-order valence-corrected chi connectivity index (χ1v) is 7.29. The molecule has 2 rings (SSSR count). The average Bonchev–Trinajstić information content (AvgIpc) is 2.30. The van der Waals surface area contributed by atoms with E-state index in [9.17, 15) is 5.11 Å². The topological polar surface area (TPSA) is 29.5 Å². The van der Waals surface area contributed by atoms with Crippen LogP contribution in [0, 0.1) is 0 Å². The van der Waals surface area contributed by atoms with Crippen LogP contribution in [-0.2, 0) is 5.60 Å². The lowest BCUT2D eigenvalue weighted by Crippen LogP contribution is -2.25. The van der Waals surface area contributed by atoms with E-state index in [1.54, 1.807) is 13.8 Å². The van der Waals surface area contributed by atoms with Gasteiger partial charge >= 0.3 is 0 Å². The Morgan fingerprint density at radius 1 is 1.35 bits per heavy atom. The largest absolute Gasteiger partial charge is 0.489 e. The monoisotopic (exact) mass is 252 g/mol. The molecule has 1 unspecified atom stereocenters. The Morgan fingerprint density at radius 2 is 2.12 bits per heavy atom. The molecular formula is C14H20O2S. The number of benzene rings is 1. The Kier molecular flexibility index (Phi) is 4.00. The van der Waals surface area contributed by atoms with Crippen molar-refractivity contribution in [2.75, 3.05) is 11.5 Å². The van der Waals surface area contributed by atoms with Crippen molar-refractivity contribution in [1.82, 2.24) is 0 Å². The Morgan fingerprint density at radius 3 is 2.76 bits per heavy atom. The van der Waals surface area contributed by atoms with Crippen molar-refractivity contribution in [1.29, 1.82) is 0 Å². The van der Waals surface area contributed by atoms with E-state index in [0.717, 1.165) is 23.5 Å². The molecule has 17 heavy (non-hydrogen) atoms. The predicted molar refractivity (Wildman–Crippen MR) is 72.7 cm³/mol. The number of aliphatic hydroxyl groups is 1. The fourth-order valence-electron chi connectivity index (χ4n) is 2.06. The molecule has 2 nitrogen and oxygen atoms in total. The smallest absolute Gasteiger partial charge is 0.125 e. The summed E-state index contributed by atoms with van der Waals surface area (Å²) in [7, 11) is 0. The number of rotatable bonds is 3. The molecule has 1 heterocycles. The molecule has 1 atom stereocenters. The predicted octanol–water partition coefficient (Wildman–Crippen LogP) is 3.19. The summed E-state index contributed by atoms with van der Waals surface area (Å²) >= 11 is 1.95. The molecule has 0 radical (unpaired) electrons. The third kappa shape index (κ3) is 3.39. The minimum absolute atomic E-state index is 0.289. The van der Waals surface area contributed by atoms with Gasteiger partial charge in [0.05, 0.1) is 5.60 Å². The molecule has 0 saturated carbocycles. The fraction of sp³-hybridized carbons (Fsp3) is 0.571. The molecule has 0 aliphatic carbocycles. The maximum atomic E-state index is 10.1. The van der Waals surface area contributed by atoms with Gasteiger partial charge in [0.25, 0.3) is 0 Å². The Labute approximate surface area is 107 Å². The van der Waals surface area contributed by atoms with Gasteiger partial charge in [-0.25, -0.2) is 0 Å². The van der Waals surface area contributed by atoms with E-state index in [-0.39, 0.29) is 6.10 Å². The fourth-order valence-corrected chi connectivity index (χ4v) is 3.09. The normalized spacial score (nSPS) is 21.2. The molecular weight excluding hydrogens is 232 g/mol. The second-order valence-electron chi connectivity index (χ2n) is 5.01. The van der Waals surface area contributed by atoms with Crippen molar-refractivity contribution in [2.45, 2.75) is 38.4 Å². The van der Waals surface area contributed by atoms with Crippen molar-refractivity contribution >= 4 is 11.8 Å². The van der Waals surface area contributed by atoms with E-state index in [2.05, 4.69) is 0 Å². The van der Waals surface area contributed by atoms with Crippen LogP contribution in [0.15, 0.2) is 24.3 Å². The van der Waals surface area contributed by atoms with Crippen molar-refractivity contribution < 1.29 is 9.84 Å². The van der Waals surface area contributed by atoms with Gasteiger partial charge in [-0.3, -0.25) is 0 Å². The summed E-state index contributed by atoms with van der Waals surface area (Å²) in [6.07, 6.45) is 2.63. The van der Waals surface area contributed by atoms with E-state index in [1.807, 2.05) is 36.0 Å². The zero-order valence-corrected chi connectivity index (χ0v) is 11.3. The molecule has 1 saturated heterocycles. The Hall–Kier alpha value is -0.670. The zero-order chi connectivity index (χ0) is 12.3. The first-order valence-electron chi connectivity index (χ1n) is 6.13. The summed E-state index contributed by atoms with van der Waals surface area (Å²) < 4.78 is 6.03. The lowest BCUT2D eigenvalue weighted by molar-refractivity contribution is 0.0724. The van der Waals surface area contributed by atoms with Gasteiger partial charge in [0.1, 0.15) is 11.9 Å². The molecule has 94 valence electrons. The third-order valence-electron chi connectivity index (χ3n) is 2.96. The van der Waals surface area contributed by atoms with Crippen LogP contribution in [0.25, 0.3) is 0 Å². The molecule has 0 bridgehead atoms. The lowest BCUT2D eigenvalue weighted by atomic mass is 9.97. The van der Waals surface area contributed by atoms with E-state index in [1.165, 1.54) is 12.2 Å². The number of para-hydroxylation sites is 1. The molecule has 1 fully saturated rings. The second-order valence-corrected chi connectivity index (χ2v) is 6.16. The van der Waals surface area contributed by atoms with Crippen LogP contribution in [-0.4, -0.2) is 22.7 Å². The van der Waals surface area contributed by atoms with E-state index in [4.69, 9.17) is 4.74 Å². The van der Waals surface area contributed by atoms with Gasteiger partial charge < -0.3 is 9.84 Å². The quantitative estimate of drug-likeness (QED) is 0.896. The summed E-state index contributed by atoms with van der Waals surface area (Å²) in [6.45, 7) is 3.59. The first kappa shape index (κ1) is 12.8. The number of hydrogen-bond acceptors (Lipinski definition) is 3. The van der Waals surface area contributed by atoms with Gasteiger partial charge in [0.2, 0.25) is 0 Å². The summed E-state index contributed by atoms with van der Waals surface area (Å²) in [6, 6.07) is 7.79. The highest BCUT2D eigenvalue weighted by Gasteiger charge is 2.23. The second kappa shape index (κ2) is 5.32. The van der Waals surface area contributed by atoms with Crippen LogP contribution in [0.2, 0.25) is 0 Å². The number of hydrogen-bond donors (Lipinski definition) is 1. The van der Waals surface area contributed by atoms with Crippen molar-refractivity contribution in [3.8, 4) is 5.75 Å².